The summed E-state index contributed by atoms with van der Waals surface area (Å²) in [6.45, 7) is 7.30. The van der Waals surface area contributed by atoms with E-state index in [1.54, 1.807) is 0 Å². The Bertz CT molecular complexity index is 252. The smallest absolute Gasteiger partial charge is 0.240 e. The Kier molecular flexibility index (Phi) is 5.40. The maximum atomic E-state index is 11.8. The standard InChI is InChI=1S/C13H26N2O2/c1-4-5-8-17-9-13(12(14)16,11-6-7-11)15-10(2)3/h10-11,15H,4-9H2,1-3H3,(H2,14,16). The molecule has 3 N–H and O–H groups in total. The Morgan fingerprint density at radius 2 is 2.18 bits per heavy atom. The molecule has 0 aromatic rings. The molecular formula is C13H26N2O2. The molecule has 1 atom stereocenters. The van der Waals surface area contributed by atoms with Crippen molar-refractivity contribution in [1.29, 1.82) is 0 Å². The van der Waals surface area contributed by atoms with Crippen molar-refractivity contribution in [3.63, 3.8) is 0 Å². The van der Waals surface area contributed by atoms with Crippen LogP contribution in [0.3, 0.4) is 0 Å². The van der Waals surface area contributed by atoms with Gasteiger partial charge in [-0.25, -0.2) is 0 Å². The molecule has 0 heterocycles. The highest BCUT2D eigenvalue weighted by molar-refractivity contribution is 5.85. The number of amides is 1. The minimum atomic E-state index is -0.651. The van der Waals surface area contributed by atoms with E-state index in [2.05, 4.69) is 12.2 Å². The number of hydrogen-bond donors (Lipinski definition) is 2. The lowest BCUT2D eigenvalue weighted by atomic mass is 9.92. The summed E-state index contributed by atoms with van der Waals surface area (Å²) < 4.78 is 5.64. The first-order valence-corrected chi connectivity index (χ1v) is 6.68. The molecule has 4 heteroatoms. The number of nitrogens with one attached hydrogen (secondary N) is 1. The highest BCUT2D eigenvalue weighted by Gasteiger charge is 2.50. The van der Waals surface area contributed by atoms with Crippen LogP contribution in [0.15, 0.2) is 0 Å². The molecule has 1 aliphatic rings. The summed E-state index contributed by atoms with van der Waals surface area (Å²) in [5.41, 5.74) is 4.94. The lowest BCUT2D eigenvalue weighted by Crippen LogP contribution is -2.62. The van der Waals surface area contributed by atoms with Crippen LogP contribution in [0.4, 0.5) is 0 Å². The monoisotopic (exact) mass is 242 g/mol. The summed E-state index contributed by atoms with van der Waals surface area (Å²) in [6.07, 6.45) is 4.27. The van der Waals surface area contributed by atoms with Crippen molar-refractivity contribution in [1.82, 2.24) is 5.32 Å². The van der Waals surface area contributed by atoms with Crippen LogP contribution in [-0.4, -0.2) is 30.7 Å². The number of ether oxygens (including phenoxy) is 1. The molecule has 0 aromatic carbocycles. The Balaban J connectivity index is 2.59. The summed E-state index contributed by atoms with van der Waals surface area (Å²) in [5.74, 6) is 0.0780. The average molecular weight is 242 g/mol. The van der Waals surface area contributed by atoms with Crippen molar-refractivity contribution in [3.8, 4) is 0 Å². The highest BCUT2D eigenvalue weighted by atomic mass is 16.5. The van der Waals surface area contributed by atoms with Crippen LogP contribution < -0.4 is 11.1 Å². The van der Waals surface area contributed by atoms with Crippen LogP contribution in [0.5, 0.6) is 0 Å². The fourth-order valence-electron chi connectivity index (χ4n) is 2.19. The molecule has 1 saturated carbocycles. The van der Waals surface area contributed by atoms with Gasteiger partial charge in [0.15, 0.2) is 0 Å². The lowest BCUT2D eigenvalue weighted by molar-refractivity contribution is -0.128. The average Bonchev–Trinajstić information content (AvgIpc) is 3.05. The molecule has 1 unspecified atom stereocenters. The summed E-state index contributed by atoms with van der Waals surface area (Å²) >= 11 is 0. The van der Waals surface area contributed by atoms with Gasteiger partial charge in [0.25, 0.3) is 0 Å². The van der Waals surface area contributed by atoms with Crippen molar-refractivity contribution in [2.45, 2.75) is 58.0 Å². The number of hydrogen-bond acceptors (Lipinski definition) is 3. The molecule has 0 saturated heterocycles. The predicted octanol–water partition coefficient (Wildman–Crippen LogP) is 1.44. The van der Waals surface area contributed by atoms with Crippen molar-refractivity contribution in [2.75, 3.05) is 13.2 Å². The zero-order valence-corrected chi connectivity index (χ0v) is 11.3. The minimum Gasteiger partial charge on any atom is -0.379 e. The fraction of sp³-hybridized carbons (Fsp3) is 0.923. The Morgan fingerprint density at radius 3 is 2.59 bits per heavy atom. The molecule has 100 valence electrons. The van der Waals surface area contributed by atoms with E-state index in [0.717, 1.165) is 25.7 Å². The van der Waals surface area contributed by atoms with Crippen LogP contribution in [0.1, 0.15) is 46.5 Å². The van der Waals surface area contributed by atoms with Gasteiger partial charge in [0.05, 0.1) is 6.61 Å². The van der Waals surface area contributed by atoms with E-state index in [1.807, 2.05) is 13.8 Å². The van der Waals surface area contributed by atoms with Crippen LogP contribution in [-0.2, 0) is 9.53 Å². The van der Waals surface area contributed by atoms with Gasteiger partial charge in [0.1, 0.15) is 5.54 Å². The van der Waals surface area contributed by atoms with Crippen molar-refractivity contribution in [3.05, 3.63) is 0 Å². The molecule has 1 aliphatic carbocycles. The molecule has 17 heavy (non-hydrogen) atoms. The van der Waals surface area contributed by atoms with E-state index in [-0.39, 0.29) is 11.9 Å². The minimum absolute atomic E-state index is 0.234. The molecule has 4 nitrogen and oxygen atoms in total. The van der Waals surface area contributed by atoms with Crippen molar-refractivity contribution < 1.29 is 9.53 Å². The summed E-state index contributed by atoms with van der Waals surface area (Å²) in [7, 11) is 0. The second kappa shape index (κ2) is 6.36. The van der Waals surface area contributed by atoms with Gasteiger partial charge in [-0.1, -0.05) is 13.3 Å². The number of rotatable bonds is 9. The van der Waals surface area contributed by atoms with E-state index < -0.39 is 5.54 Å². The molecule has 0 bridgehead atoms. The quantitative estimate of drug-likeness (QED) is 0.601. The van der Waals surface area contributed by atoms with Gasteiger partial charge in [0, 0.05) is 12.6 Å². The van der Waals surface area contributed by atoms with Gasteiger partial charge in [0.2, 0.25) is 5.91 Å². The molecule has 0 radical (unpaired) electrons. The summed E-state index contributed by atoms with van der Waals surface area (Å²) in [6, 6.07) is 0.234. The molecule has 0 spiro atoms. The highest BCUT2D eigenvalue weighted by Crippen LogP contribution is 2.40. The van der Waals surface area contributed by atoms with Gasteiger partial charge >= 0.3 is 0 Å². The topological polar surface area (TPSA) is 64.3 Å². The van der Waals surface area contributed by atoms with E-state index in [1.165, 1.54) is 0 Å². The van der Waals surface area contributed by atoms with Crippen LogP contribution in [0, 0.1) is 5.92 Å². The van der Waals surface area contributed by atoms with Crippen LogP contribution in [0.25, 0.3) is 0 Å². The molecule has 1 rings (SSSR count). The number of carbonyl (C=O) groups is 1. The van der Waals surface area contributed by atoms with Gasteiger partial charge in [-0.3, -0.25) is 10.1 Å². The van der Waals surface area contributed by atoms with Crippen molar-refractivity contribution >= 4 is 5.91 Å². The zero-order valence-electron chi connectivity index (χ0n) is 11.3. The molecule has 0 aliphatic heterocycles. The summed E-state index contributed by atoms with van der Waals surface area (Å²) in [4.78, 5) is 11.8. The van der Waals surface area contributed by atoms with Gasteiger partial charge in [-0.2, -0.15) is 0 Å². The van der Waals surface area contributed by atoms with Crippen molar-refractivity contribution in [2.24, 2.45) is 11.7 Å². The third-order valence-corrected chi connectivity index (χ3v) is 3.23. The largest absolute Gasteiger partial charge is 0.379 e. The van der Waals surface area contributed by atoms with Gasteiger partial charge in [-0.15, -0.1) is 0 Å². The van der Waals surface area contributed by atoms with E-state index in [9.17, 15) is 4.79 Å². The number of primary amides is 1. The third-order valence-electron chi connectivity index (χ3n) is 3.23. The third kappa shape index (κ3) is 3.96. The van der Waals surface area contributed by atoms with Crippen LogP contribution >= 0.6 is 0 Å². The number of nitrogens with two attached hydrogens (primary N) is 1. The zero-order chi connectivity index (χ0) is 12.9. The second-order valence-electron chi connectivity index (χ2n) is 5.32. The first-order valence-electron chi connectivity index (χ1n) is 6.68. The molecular weight excluding hydrogens is 216 g/mol. The van der Waals surface area contributed by atoms with Crippen LogP contribution in [0.2, 0.25) is 0 Å². The first-order chi connectivity index (χ1) is 8.03. The number of unbranched alkanes of at least 4 members (excludes halogenated alkanes) is 1. The summed E-state index contributed by atoms with van der Waals surface area (Å²) in [5, 5.41) is 3.33. The molecule has 0 aromatic heterocycles. The number of carbonyl (C=O) groups excluding carboxylic acids is 1. The Hall–Kier alpha value is -0.610. The molecule has 1 amide bonds. The normalized spacial score (nSPS) is 19.3. The Morgan fingerprint density at radius 1 is 1.53 bits per heavy atom. The van der Waals surface area contributed by atoms with E-state index in [0.29, 0.717) is 19.1 Å². The van der Waals surface area contributed by atoms with E-state index >= 15 is 0 Å². The van der Waals surface area contributed by atoms with Gasteiger partial charge in [-0.05, 0) is 39.0 Å². The lowest BCUT2D eigenvalue weighted by Gasteiger charge is -2.33. The maximum Gasteiger partial charge on any atom is 0.240 e. The van der Waals surface area contributed by atoms with E-state index in [4.69, 9.17) is 10.5 Å². The second-order valence-corrected chi connectivity index (χ2v) is 5.32. The van der Waals surface area contributed by atoms with Gasteiger partial charge < -0.3 is 10.5 Å². The SMILES string of the molecule is CCCCOCC(NC(C)C)(C(N)=O)C1CC1. The Labute approximate surface area is 104 Å². The molecule has 1 fully saturated rings. The predicted molar refractivity (Wildman–Crippen MR) is 68.6 cm³/mol. The first kappa shape index (κ1) is 14.5. The maximum absolute atomic E-state index is 11.8. The fourth-order valence-corrected chi connectivity index (χ4v) is 2.19.